The molecule has 0 aliphatic carbocycles. The zero-order chi connectivity index (χ0) is 15.0. The van der Waals surface area contributed by atoms with E-state index in [0.29, 0.717) is 6.04 Å². The number of rotatable bonds is 9. The molecule has 0 fully saturated rings. The molecule has 1 atom stereocenters. The molecule has 1 rings (SSSR count). The minimum Gasteiger partial charge on any atom is -0.310 e. The second kappa shape index (κ2) is 9.06. The maximum absolute atomic E-state index is 4.39. The molecule has 0 bridgehead atoms. The molecular formula is C17H31N3. The van der Waals surface area contributed by atoms with Crippen LogP contribution in [0.3, 0.4) is 0 Å². The standard InChI is InChI=1S/C17H31N3/c1-6-10-18-17(12-14(7-2)8-3)15-11-13(5)19-20-16(15)9-4/h11,14,17-18H,6-10,12H2,1-5H3. The molecule has 0 saturated heterocycles. The zero-order valence-corrected chi connectivity index (χ0v) is 13.9. The van der Waals surface area contributed by atoms with Crippen LogP contribution >= 0.6 is 0 Å². The Kier molecular flexibility index (Phi) is 7.75. The van der Waals surface area contributed by atoms with Crippen LogP contribution in [0.5, 0.6) is 0 Å². The fourth-order valence-electron chi connectivity index (χ4n) is 2.70. The maximum Gasteiger partial charge on any atom is 0.0676 e. The van der Waals surface area contributed by atoms with Crippen molar-refractivity contribution in [2.45, 2.75) is 72.8 Å². The summed E-state index contributed by atoms with van der Waals surface area (Å²) in [5.74, 6) is 0.780. The first kappa shape index (κ1) is 17.1. The van der Waals surface area contributed by atoms with E-state index in [2.05, 4.69) is 49.3 Å². The highest BCUT2D eigenvalue weighted by molar-refractivity contribution is 5.25. The van der Waals surface area contributed by atoms with Gasteiger partial charge in [0, 0.05) is 6.04 Å². The molecule has 1 aromatic heterocycles. The van der Waals surface area contributed by atoms with Crippen molar-refractivity contribution >= 4 is 0 Å². The van der Waals surface area contributed by atoms with Gasteiger partial charge in [0.05, 0.1) is 11.4 Å². The average Bonchev–Trinajstić information content (AvgIpc) is 2.47. The minimum absolute atomic E-state index is 0.420. The van der Waals surface area contributed by atoms with Crippen LogP contribution in [0.1, 0.15) is 76.4 Å². The highest BCUT2D eigenvalue weighted by atomic mass is 15.1. The summed E-state index contributed by atoms with van der Waals surface area (Å²) in [6.45, 7) is 12.1. The van der Waals surface area contributed by atoms with Crippen LogP contribution in [0, 0.1) is 12.8 Å². The van der Waals surface area contributed by atoms with Gasteiger partial charge in [0.2, 0.25) is 0 Å². The third kappa shape index (κ3) is 4.86. The monoisotopic (exact) mass is 277 g/mol. The molecule has 0 spiro atoms. The van der Waals surface area contributed by atoms with Gasteiger partial charge in [0.1, 0.15) is 0 Å². The van der Waals surface area contributed by atoms with Gasteiger partial charge in [-0.05, 0) is 50.3 Å². The number of hydrogen-bond acceptors (Lipinski definition) is 3. The Morgan fingerprint density at radius 2 is 1.80 bits per heavy atom. The van der Waals surface area contributed by atoms with Crippen LogP contribution in [0.4, 0.5) is 0 Å². The van der Waals surface area contributed by atoms with E-state index in [1.165, 1.54) is 31.2 Å². The van der Waals surface area contributed by atoms with Gasteiger partial charge in [-0.2, -0.15) is 10.2 Å². The van der Waals surface area contributed by atoms with Crippen molar-refractivity contribution in [2.24, 2.45) is 5.92 Å². The van der Waals surface area contributed by atoms with Gasteiger partial charge in [-0.3, -0.25) is 0 Å². The first-order chi connectivity index (χ1) is 9.65. The van der Waals surface area contributed by atoms with Crippen molar-refractivity contribution in [2.75, 3.05) is 6.54 Å². The summed E-state index contributed by atoms with van der Waals surface area (Å²) < 4.78 is 0. The fourth-order valence-corrected chi connectivity index (χ4v) is 2.70. The van der Waals surface area contributed by atoms with Crippen molar-refractivity contribution in [3.05, 3.63) is 23.0 Å². The van der Waals surface area contributed by atoms with E-state index >= 15 is 0 Å². The van der Waals surface area contributed by atoms with Gasteiger partial charge in [0.25, 0.3) is 0 Å². The van der Waals surface area contributed by atoms with Crippen molar-refractivity contribution in [3.8, 4) is 0 Å². The molecule has 0 aliphatic rings. The second-order valence-electron chi connectivity index (χ2n) is 5.67. The lowest BCUT2D eigenvalue weighted by atomic mass is 9.90. The average molecular weight is 277 g/mol. The quantitative estimate of drug-likeness (QED) is 0.734. The Morgan fingerprint density at radius 1 is 1.10 bits per heavy atom. The first-order valence-corrected chi connectivity index (χ1v) is 8.22. The van der Waals surface area contributed by atoms with Crippen molar-refractivity contribution in [1.82, 2.24) is 15.5 Å². The molecule has 0 radical (unpaired) electrons. The summed E-state index contributed by atoms with van der Waals surface area (Å²) in [6, 6.07) is 2.64. The van der Waals surface area contributed by atoms with Gasteiger partial charge in [-0.25, -0.2) is 0 Å². The summed E-state index contributed by atoms with van der Waals surface area (Å²) in [4.78, 5) is 0. The SMILES string of the molecule is CCCNC(CC(CC)CC)c1cc(C)nnc1CC. The molecule has 20 heavy (non-hydrogen) atoms. The van der Waals surface area contributed by atoms with Crippen molar-refractivity contribution < 1.29 is 0 Å². The van der Waals surface area contributed by atoms with E-state index in [1.54, 1.807) is 0 Å². The largest absolute Gasteiger partial charge is 0.310 e. The lowest BCUT2D eigenvalue weighted by molar-refractivity contribution is 0.369. The van der Waals surface area contributed by atoms with Gasteiger partial charge < -0.3 is 5.32 Å². The predicted molar refractivity (Wildman–Crippen MR) is 85.9 cm³/mol. The molecule has 1 heterocycles. The number of hydrogen-bond donors (Lipinski definition) is 1. The number of aryl methyl sites for hydroxylation is 2. The third-order valence-corrected chi connectivity index (χ3v) is 4.10. The lowest BCUT2D eigenvalue weighted by Crippen LogP contribution is -2.26. The van der Waals surface area contributed by atoms with Crippen LogP contribution in [-0.4, -0.2) is 16.7 Å². The number of nitrogens with one attached hydrogen (secondary N) is 1. The molecule has 0 aliphatic heterocycles. The van der Waals surface area contributed by atoms with Crippen LogP contribution in [0.15, 0.2) is 6.07 Å². The summed E-state index contributed by atoms with van der Waals surface area (Å²) in [6.07, 6.45) is 5.82. The Balaban J connectivity index is 2.99. The third-order valence-electron chi connectivity index (χ3n) is 4.10. The Labute approximate surface area is 124 Å². The zero-order valence-electron chi connectivity index (χ0n) is 13.9. The second-order valence-corrected chi connectivity index (χ2v) is 5.67. The molecule has 1 aromatic rings. The predicted octanol–water partition coefficient (Wildman–Crippen LogP) is 4.21. The van der Waals surface area contributed by atoms with Gasteiger partial charge in [-0.15, -0.1) is 0 Å². The van der Waals surface area contributed by atoms with Crippen LogP contribution < -0.4 is 5.32 Å². The Morgan fingerprint density at radius 3 is 2.35 bits per heavy atom. The first-order valence-electron chi connectivity index (χ1n) is 8.22. The summed E-state index contributed by atoms with van der Waals surface area (Å²) in [7, 11) is 0. The number of nitrogens with zero attached hydrogens (tertiary/aromatic N) is 2. The highest BCUT2D eigenvalue weighted by Crippen LogP contribution is 2.27. The number of aromatic nitrogens is 2. The molecule has 1 unspecified atom stereocenters. The van der Waals surface area contributed by atoms with E-state index < -0.39 is 0 Å². The molecule has 3 heteroatoms. The van der Waals surface area contributed by atoms with Crippen molar-refractivity contribution in [1.29, 1.82) is 0 Å². The Hall–Kier alpha value is -0.960. The van der Waals surface area contributed by atoms with E-state index in [9.17, 15) is 0 Å². The molecule has 0 amide bonds. The van der Waals surface area contributed by atoms with Crippen molar-refractivity contribution in [3.63, 3.8) is 0 Å². The van der Waals surface area contributed by atoms with E-state index in [0.717, 1.165) is 30.3 Å². The smallest absolute Gasteiger partial charge is 0.0676 e. The highest BCUT2D eigenvalue weighted by Gasteiger charge is 2.19. The summed E-state index contributed by atoms with van der Waals surface area (Å²) in [5, 5.41) is 12.3. The van der Waals surface area contributed by atoms with E-state index in [-0.39, 0.29) is 0 Å². The van der Waals surface area contributed by atoms with Crippen LogP contribution in [0.2, 0.25) is 0 Å². The molecule has 0 saturated carbocycles. The normalized spacial score (nSPS) is 12.9. The molecular weight excluding hydrogens is 246 g/mol. The fraction of sp³-hybridized carbons (Fsp3) is 0.765. The minimum atomic E-state index is 0.420. The van der Waals surface area contributed by atoms with E-state index in [1.807, 2.05) is 6.92 Å². The van der Waals surface area contributed by atoms with Gasteiger partial charge >= 0.3 is 0 Å². The van der Waals surface area contributed by atoms with Gasteiger partial charge in [0.15, 0.2) is 0 Å². The summed E-state index contributed by atoms with van der Waals surface area (Å²) in [5.41, 5.74) is 3.53. The lowest BCUT2D eigenvalue weighted by Gasteiger charge is -2.25. The molecule has 1 N–H and O–H groups in total. The topological polar surface area (TPSA) is 37.8 Å². The maximum atomic E-state index is 4.39. The summed E-state index contributed by atoms with van der Waals surface area (Å²) >= 11 is 0. The van der Waals surface area contributed by atoms with Gasteiger partial charge in [-0.1, -0.05) is 40.5 Å². The molecule has 3 nitrogen and oxygen atoms in total. The van der Waals surface area contributed by atoms with E-state index in [4.69, 9.17) is 0 Å². The molecule has 0 aromatic carbocycles. The molecule has 114 valence electrons. The van der Waals surface area contributed by atoms with Crippen LogP contribution in [-0.2, 0) is 6.42 Å². The van der Waals surface area contributed by atoms with Crippen LogP contribution in [0.25, 0.3) is 0 Å². The Bertz CT molecular complexity index is 386.